The zero-order chi connectivity index (χ0) is 9.52. The second-order valence-corrected chi connectivity index (χ2v) is 3.10. The van der Waals surface area contributed by atoms with Gasteiger partial charge < -0.3 is 5.32 Å². The highest BCUT2D eigenvalue weighted by molar-refractivity contribution is 5.71. The third-order valence-electron chi connectivity index (χ3n) is 1.94. The molecule has 0 aromatic heterocycles. The second kappa shape index (κ2) is 5.90. The number of hydrogen-bond donors (Lipinski definition) is 2. The lowest BCUT2D eigenvalue weighted by atomic mass is 10.4. The van der Waals surface area contributed by atoms with Crippen molar-refractivity contribution in [3.63, 3.8) is 0 Å². The summed E-state index contributed by atoms with van der Waals surface area (Å²) in [5.41, 5.74) is 2.30. The summed E-state index contributed by atoms with van der Waals surface area (Å²) in [6.45, 7) is 7.07. The Bertz CT molecular complexity index is 157. The molecule has 0 spiro atoms. The maximum absolute atomic E-state index is 10.4. The molecule has 2 N–H and O–H groups in total. The maximum Gasteiger partial charge on any atom is 0.240 e. The highest BCUT2D eigenvalue weighted by Gasteiger charge is 2.08. The van der Waals surface area contributed by atoms with Crippen molar-refractivity contribution in [3.8, 4) is 0 Å². The minimum atomic E-state index is -0.152. The maximum atomic E-state index is 10.4. The van der Waals surface area contributed by atoms with E-state index >= 15 is 0 Å². The number of rotatable bonds is 4. The minimum absolute atomic E-state index is 0.152. The van der Waals surface area contributed by atoms with Gasteiger partial charge in [0.2, 0.25) is 5.91 Å². The molecule has 0 radical (unpaired) electrons. The number of hydrogen-bond acceptors (Lipinski definition) is 4. The largest absolute Gasteiger partial charge is 0.314 e. The van der Waals surface area contributed by atoms with Gasteiger partial charge in [0.25, 0.3) is 0 Å². The summed E-state index contributed by atoms with van der Waals surface area (Å²) >= 11 is 0. The van der Waals surface area contributed by atoms with Gasteiger partial charge in [-0.05, 0) is 0 Å². The smallest absolute Gasteiger partial charge is 0.240 e. The summed E-state index contributed by atoms with van der Waals surface area (Å²) < 4.78 is 0. The van der Waals surface area contributed by atoms with Crippen LogP contribution in [0.3, 0.4) is 0 Å². The molecule has 5 heteroatoms. The Hall–Kier alpha value is -0.650. The Labute approximate surface area is 78.4 Å². The molecule has 1 saturated heterocycles. The zero-order valence-electron chi connectivity index (χ0n) is 8.01. The average molecular weight is 187 g/mol. The molecular weight excluding hydrogens is 170 g/mol. The van der Waals surface area contributed by atoms with Crippen LogP contribution in [0.4, 0.5) is 0 Å². The number of carbonyl (C=O) groups is 1. The van der Waals surface area contributed by atoms with Gasteiger partial charge in [-0.1, -0.05) is 0 Å². The zero-order valence-corrected chi connectivity index (χ0v) is 8.01. The van der Waals surface area contributed by atoms with Gasteiger partial charge >= 0.3 is 0 Å². The Kier molecular flexibility index (Phi) is 4.74. The predicted octanol–water partition coefficient (Wildman–Crippen LogP) is -1.04. The van der Waals surface area contributed by atoms with Gasteiger partial charge in [-0.15, -0.1) is 0 Å². The van der Waals surface area contributed by atoms with Gasteiger partial charge in [0, 0.05) is 39.6 Å². The highest BCUT2D eigenvalue weighted by Crippen LogP contribution is 1.90. The molecule has 0 aromatic carbocycles. The number of hydroxylamine groups is 1. The van der Waals surface area contributed by atoms with Crippen LogP contribution in [-0.2, 0) is 9.63 Å². The summed E-state index contributed by atoms with van der Waals surface area (Å²) in [7, 11) is 0. The Balaban J connectivity index is 1.95. The summed E-state index contributed by atoms with van der Waals surface area (Å²) in [4.78, 5) is 17.7. The highest BCUT2D eigenvalue weighted by atomic mass is 16.6. The standard InChI is InChI=1S/C8H17N3O2/c1-8(12)10-13-7-6-11-4-2-9-3-5-11/h9H,2-7H2,1H3,(H,10,12). The van der Waals surface area contributed by atoms with Crippen molar-refractivity contribution in [2.45, 2.75) is 6.92 Å². The fraction of sp³-hybridized carbons (Fsp3) is 0.875. The molecule has 0 aromatic rings. The first-order chi connectivity index (χ1) is 6.29. The van der Waals surface area contributed by atoms with Crippen molar-refractivity contribution in [2.24, 2.45) is 0 Å². The lowest BCUT2D eigenvalue weighted by Gasteiger charge is -2.26. The van der Waals surface area contributed by atoms with Crippen molar-refractivity contribution in [3.05, 3.63) is 0 Å². The number of amides is 1. The second-order valence-electron chi connectivity index (χ2n) is 3.10. The summed E-state index contributed by atoms with van der Waals surface area (Å²) in [6, 6.07) is 0. The summed E-state index contributed by atoms with van der Waals surface area (Å²) in [6.07, 6.45) is 0. The van der Waals surface area contributed by atoms with Crippen LogP contribution in [0.5, 0.6) is 0 Å². The molecule has 76 valence electrons. The molecule has 13 heavy (non-hydrogen) atoms. The number of nitrogens with zero attached hydrogens (tertiary/aromatic N) is 1. The van der Waals surface area contributed by atoms with E-state index in [2.05, 4.69) is 15.7 Å². The van der Waals surface area contributed by atoms with Gasteiger partial charge in [0.15, 0.2) is 0 Å². The van der Waals surface area contributed by atoms with Gasteiger partial charge in [-0.2, -0.15) is 0 Å². The first-order valence-electron chi connectivity index (χ1n) is 4.60. The number of piperazine rings is 1. The molecule has 1 rings (SSSR count). The normalized spacial score (nSPS) is 18.5. The van der Waals surface area contributed by atoms with Gasteiger partial charge in [-0.25, -0.2) is 5.48 Å². The van der Waals surface area contributed by atoms with Gasteiger partial charge in [0.05, 0.1) is 6.61 Å². The van der Waals surface area contributed by atoms with Crippen molar-refractivity contribution in [1.29, 1.82) is 0 Å². The quantitative estimate of drug-likeness (QED) is 0.436. The first-order valence-corrected chi connectivity index (χ1v) is 4.60. The van der Waals surface area contributed by atoms with E-state index in [4.69, 9.17) is 4.84 Å². The monoisotopic (exact) mass is 187 g/mol. The summed E-state index contributed by atoms with van der Waals surface area (Å²) in [5, 5.41) is 3.27. The van der Waals surface area contributed by atoms with Crippen molar-refractivity contribution >= 4 is 5.91 Å². The van der Waals surface area contributed by atoms with E-state index in [-0.39, 0.29) is 5.91 Å². The molecular formula is C8H17N3O2. The minimum Gasteiger partial charge on any atom is -0.314 e. The molecule has 0 aliphatic carbocycles. The van der Waals surface area contributed by atoms with E-state index in [1.54, 1.807) is 0 Å². The molecule has 1 fully saturated rings. The van der Waals surface area contributed by atoms with Crippen LogP contribution in [0, 0.1) is 0 Å². The van der Waals surface area contributed by atoms with E-state index in [0.29, 0.717) is 6.61 Å². The van der Waals surface area contributed by atoms with Crippen LogP contribution in [-0.4, -0.2) is 50.1 Å². The van der Waals surface area contributed by atoms with Crippen LogP contribution >= 0.6 is 0 Å². The lowest BCUT2D eigenvalue weighted by Crippen LogP contribution is -2.45. The van der Waals surface area contributed by atoms with Crippen molar-refractivity contribution < 1.29 is 9.63 Å². The van der Waals surface area contributed by atoms with Crippen LogP contribution in [0.25, 0.3) is 0 Å². The SMILES string of the molecule is CC(=O)NOCCN1CCNCC1. The van der Waals surface area contributed by atoms with E-state index in [9.17, 15) is 4.79 Å². The predicted molar refractivity (Wildman–Crippen MR) is 49.1 cm³/mol. The summed E-state index contributed by atoms with van der Waals surface area (Å²) in [5.74, 6) is -0.152. The van der Waals surface area contributed by atoms with Crippen LogP contribution < -0.4 is 10.8 Å². The van der Waals surface area contributed by atoms with E-state index in [1.165, 1.54) is 6.92 Å². The van der Waals surface area contributed by atoms with Gasteiger partial charge in [0.1, 0.15) is 0 Å². The average Bonchev–Trinajstić information content (AvgIpc) is 2.14. The van der Waals surface area contributed by atoms with Gasteiger partial charge in [-0.3, -0.25) is 14.5 Å². The van der Waals surface area contributed by atoms with E-state index < -0.39 is 0 Å². The molecule has 0 unspecified atom stereocenters. The molecule has 0 saturated carbocycles. The van der Waals surface area contributed by atoms with Crippen molar-refractivity contribution in [2.75, 3.05) is 39.3 Å². The third-order valence-corrected chi connectivity index (χ3v) is 1.94. The van der Waals surface area contributed by atoms with Crippen LogP contribution in [0.2, 0.25) is 0 Å². The number of nitrogens with one attached hydrogen (secondary N) is 2. The molecule has 1 aliphatic rings. The van der Waals surface area contributed by atoms with Crippen molar-refractivity contribution in [1.82, 2.24) is 15.7 Å². The topological polar surface area (TPSA) is 53.6 Å². The van der Waals surface area contributed by atoms with E-state index in [0.717, 1.165) is 32.7 Å². The molecule has 1 heterocycles. The Morgan fingerprint density at radius 3 is 2.85 bits per heavy atom. The van der Waals surface area contributed by atoms with Crippen LogP contribution in [0.1, 0.15) is 6.92 Å². The molecule has 5 nitrogen and oxygen atoms in total. The molecule has 0 atom stereocenters. The molecule has 0 bridgehead atoms. The Morgan fingerprint density at radius 2 is 2.23 bits per heavy atom. The fourth-order valence-corrected chi connectivity index (χ4v) is 1.26. The first kappa shape index (κ1) is 10.4. The third kappa shape index (κ3) is 4.82. The molecule has 1 aliphatic heterocycles. The van der Waals surface area contributed by atoms with Crippen LogP contribution in [0.15, 0.2) is 0 Å². The number of carbonyl (C=O) groups excluding carboxylic acids is 1. The lowest BCUT2D eigenvalue weighted by molar-refractivity contribution is -0.131. The molecule has 1 amide bonds. The van der Waals surface area contributed by atoms with E-state index in [1.807, 2.05) is 0 Å². The Morgan fingerprint density at radius 1 is 1.54 bits per heavy atom. The fourth-order valence-electron chi connectivity index (χ4n) is 1.26.